The molecule has 1 atom stereocenters. The summed E-state index contributed by atoms with van der Waals surface area (Å²) in [6.07, 6.45) is 0.668. The van der Waals surface area contributed by atoms with Crippen molar-refractivity contribution in [3.63, 3.8) is 0 Å². The first-order valence-electron chi connectivity index (χ1n) is 13.1. The second-order valence-electron chi connectivity index (χ2n) is 10.5. The molecule has 0 spiro atoms. The van der Waals surface area contributed by atoms with E-state index in [-0.39, 0.29) is 11.6 Å². The third kappa shape index (κ3) is 5.72. The van der Waals surface area contributed by atoms with Crippen molar-refractivity contribution < 1.29 is 30.8 Å². The van der Waals surface area contributed by atoms with Crippen LogP contribution in [0.2, 0.25) is 35.8 Å². The van der Waals surface area contributed by atoms with Gasteiger partial charge in [0.25, 0.3) is 14.2 Å². The molecule has 0 aliphatic heterocycles. The number of rotatable bonds is 12. The first-order chi connectivity index (χ1) is 17.4. The van der Waals surface area contributed by atoms with Gasteiger partial charge in [-0.1, -0.05) is 95.5 Å². The molecule has 0 fully saturated rings. The molecule has 1 aliphatic rings. The number of alkyl halides is 2. The third-order valence-electron chi connectivity index (χ3n) is 8.42. The maximum atomic E-state index is 15.2. The van der Waals surface area contributed by atoms with Gasteiger partial charge in [0.2, 0.25) is 5.82 Å². The fourth-order valence-corrected chi connectivity index (χ4v) is 13.3. The Kier molecular flexibility index (Phi) is 9.10. The normalized spacial score (nSPS) is 16.5. The molecule has 1 nitrogen and oxygen atoms in total. The summed E-state index contributed by atoms with van der Waals surface area (Å²) >= 11 is 0. The third-order valence-corrected chi connectivity index (χ3v) is 19.3. The summed E-state index contributed by atoms with van der Waals surface area (Å²) < 4.78 is 94.6. The Morgan fingerprint density at radius 3 is 1.97 bits per heavy atom. The molecule has 0 bridgehead atoms. The van der Waals surface area contributed by atoms with Crippen LogP contribution in [0.1, 0.15) is 57.7 Å². The molecule has 0 aromatic heterocycles. The largest absolute Gasteiger partial charge is 0.540 e. The number of hydrogen-bond donors (Lipinski definition) is 0. The van der Waals surface area contributed by atoms with Crippen LogP contribution in [0.5, 0.6) is 5.75 Å². The fourth-order valence-electron chi connectivity index (χ4n) is 5.55. The first kappa shape index (κ1) is 29.5. The van der Waals surface area contributed by atoms with E-state index in [9.17, 15) is 22.0 Å². The zero-order chi connectivity index (χ0) is 27.6. The molecule has 204 valence electrons. The van der Waals surface area contributed by atoms with Gasteiger partial charge >= 0.3 is 0 Å². The Hall–Kier alpha value is -2.01. The van der Waals surface area contributed by atoms with Crippen LogP contribution in [0.4, 0.5) is 26.3 Å². The molecule has 1 unspecified atom stereocenters. The van der Waals surface area contributed by atoms with Crippen LogP contribution in [0.25, 0.3) is 5.83 Å². The van der Waals surface area contributed by atoms with Crippen LogP contribution in [0.15, 0.2) is 36.4 Å². The summed E-state index contributed by atoms with van der Waals surface area (Å²) in [5, 5.41) is 0. The van der Waals surface area contributed by atoms with Crippen molar-refractivity contribution in [1.29, 1.82) is 0 Å². The van der Waals surface area contributed by atoms with E-state index in [1.54, 1.807) is 0 Å². The lowest BCUT2D eigenvalue weighted by molar-refractivity contribution is 0.0525. The van der Waals surface area contributed by atoms with Gasteiger partial charge in [-0.05, 0) is 17.1 Å². The van der Waals surface area contributed by atoms with Crippen LogP contribution in [-0.4, -0.2) is 16.4 Å². The lowest BCUT2D eigenvalue weighted by atomic mass is 10.0. The summed E-state index contributed by atoms with van der Waals surface area (Å²) in [5.41, 5.74) is -1.79. The monoisotopic (exact) mass is 558 g/mol. The summed E-state index contributed by atoms with van der Waals surface area (Å²) in [7, 11) is -4.68. The Balaban J connectivity index is 2.13. The van der Waals surface area contributed by atoms with Gasteiger partial charge in [-0.25, -0.2) is 13.2 Å². The minimum atomic E-state index is -4.03. The molecule has 37 heavy (non-hydrogen) atoms. The van der Waals surface area contributed by atoms with E-state index in [1.807, 2.05) is 44.2 Å². The van der Waals surface area contributed by atoms with Crippen LogP contribution < -0.4 is 4.43 Å². The molecule has 3 rings (SSSR count). The van der Waals surface area contributed by atoms with E-state index >= 15 is 4.39 Å². The standard InChI is InChI=1S/C28H36F6OSi2/c1-6-36(7-2,8-3)15-12-16-37(19(4)5,18-20-13-10-9-11-14-20)35-27-23-22(21(29)17-28(23,33)34)24(30)25(31)26(27)32/h9-11,13-14,17,19H,6-8,12,15-16,18H2,1-5H3. The van der Waals surface area contributed by atoms with Crippen molar-refractivity contribution in [3.05, 3.63) is 70.5 Å². The minimum Gasteiger partial charge on any atom is -0.540 e. The predicted octanol–water partition coefficient (Wildman–Crippen LogP) is 9.93. The smallest absolute Gasteiger partial charge is 0.299 e. The average Bonchev–Trinajstić information content (AvgIpc) is 3.11. The topological polar surface area (TPSA) is 9.23 Å². The second kappa shape index (κ2) is 11.4. The number of halogens is 6. The molecule has 0 radical (unpaired) electrons. The molecule has 0 amide bonds. The highest BCUT2D eigenvalue weighted by Crippen LogP contribution is 2.52. The van der Waals surface area contributed by atoms with Gasteiger partial charge in [0.15, 0.2) is 17.4 Å². The van der Waals surface area contributed by atoms with E-state index in [0.717, 1.165) is 36.2 Å². The lowest BCUT2D eigenvalue weighted by Gasteiger charge is -2.38. The van der Waals surface area contributed by atoms with Crippen LogP contribution in [0, 0.1) is 17.5 Å². The van der Waals surface area contributed by atoms with E-state index in [1.165, 1.54) is 0 Å². The molecule has 0 saturated carbocycles. The predicted molar refractivity (Wildman–Crippen MR) is 142 cm³/mol. The van der Waals surface area contributed by atoms with Gasteiger partial charge in [-0.2, -0.15) is 13.2 Å². The van der Waals surface area contributed by atoms with E-state index in [2.05, 4.69) is 20.8 Å². The van der Waals surface area contributed by atoms with Gasteiger partial charge in [0.05, 0.1) is 19.2 Å². The Morgan fingerprint density at radius 2 is 1.43 bits per heavy atom. The second-order valence-corrected chi connectivity index (χ2v) is 20.5. The van der Waals surface area contributed by atoms with E-state index in [0.29, 0.717) is 12.1 Å². The molecular formula is C28H36F6OSi2. The van der Waals surface area contributed by atoms with Gasteiger partial charge in [-0.3, -0.25) is 0 Å². The Bertz CT molecular complexity index is 1120. The van der Waals surface area contributed by atoms with Crippen LogP contribution in [-0.2, 0) is 12.0 Å². The number of hydrogen-bond acceptors (Lipinski definition) is 1. The highest BCUT2D eigenvalue weighted by atomic mass is 28.4. The zero-order valence-electron chi connectivity index (χ0n) is 22.2. The average molecular weight is 559 g/mol. The number of benzene rings is 2. The Labute approximate surface area is 218 Å². The summed E-state index contributed by atoms with van der Waals surface area (Å²) in [5.74, 6) is -12.5. The molecule has 2 aromatic rings. The van der Waals surface area contributed by atoms with Crippen molar-refractivity contribution >= 4 is 22.2 Å². The van der Waals surface area contributed by atoms with Crippen molar-refractivity contribution in [2.24, 2.45) is 0 Å². The molecule has 0 saturated heterocycles. The lowest BCUT2D eigenvalue weighted by Crippen LogP contribution is -2.49. The van der Waals surface area contributed by atoms with Gasteiger partial charge in [-0.15, -0.1) is 0 Å². The van der Waals surface area contributed by atoms with E-state index < -0.39 is 62.5 Å². The molecular weight excluding hydrogens is 522 g/mol. The molecule has 2 aromatic carbocycles. The molecule has 0 N–H and O–H groups in total. The minimum absolute atomic E-state index is 0.105. The van der Waals surface area contributed by atoms with Crippen LogP contribution >= 0.6 is 0 Å². The molecule has 1 aliphatic carbocycles. The summed E-state index contributed by atoms with van der Waals surface area (Å²) in [4.78, 5) is 0. The highest BCUT2D eigenvalue weighted by Gasteiger charge is 2.50. The van der Waals surface area contributed by atoms with Crippen LogP contribution in [0.3, 0.4) is 0 Å². The molecule has 9 heteroatoms. The van der Waals surface area contributed by atoms with Crippen molar-refractivity contribution in [2.45, 2.75) is 88.8 Å². The van der Waals surface area contributed by atoms with Crippen molar-refractivity contribution in [2.75, 3.05) is 0 Å². The highest BCUT2D eigenvalue weighted by molar-refractivity contribution is 6.80. The fraction of sp³-hybridized carbons (Fsp3) is 0.500. The van der Waals surface area contributed by atoms with E-state index in [4.69, 9.17) is 4.43 Å². The first-order valence-corrected chi connectivity index (χ1v) is 18.3. The Morgan fingerprint density at radius 1 is 0.838 bits per heavy atom. The van der Waals surface area contributed by atoms with Gasteiger partial charge in [0.1, 0.15) is 5.83 Å². The van der Waals surface area contributed by atoms with Gasteiger partial charge in [0, 0.05) is 12.1 Å². The van der Waals surface area contributed by atoms with Gasteiger partial charge < -0.3 is 4.43 Å². The van der Waals surface area contributed by atoms with Crippen molar-refractivity contribution in [1.82, 2.24) is 0 Å². The number of allylic oxidation sites excluding steroid dienone is 1. The zero-order valence-corrected chi connectivity index (χ0v) is 24.2. The maximum Gasteiger partial charge on any atom is 0.299 e. The SMILES string of the molecule is CC[Si](CC)(CC)CCC[Si](Cc1ccccc1)(Oc1c(F)c(F)c(F)c2c1C(F)(F)C=C2F)C(C)C. The van der Waals surface area contributed by atoms with Crippen molar-refractivity contribution in [3.8, 4) is 5.75 Å². The summed E-state index contributed by atoms with van der Waals surface area (Å²) in [6, 6.07) is 14.6. The number of fused-ring (bicyclic) bond motifs is 1. The molecule has 0 heterocycles. The summed E-state index contributed by atoms with van der Waals surface area (Å²) in [6.45, 7) is 10.4. The maximum absolute atomic E-state index is 15.2. The quantitative estimate of drug-likeness (QED) is 0.143.